The quantitative estimate of drug-likeness (QED) is 0.850. The second-order valence-electron chi connectivity index (χ2n) is 5.29. The van der Waals surface area contributed by atoms with Gasteiger partial charge in [-0.2, -0.15) is 0 Å². The fourth-order valence-electron chi connectivity index (χ4n) is 2.71. The molecule has 0 radical (unpaired) electrons. The van der Waals surface area contributed by atoms with E-state index in [4.69, 9.17) is 17.0 Å². The number of benzene rings is 1. The maximum Gasteiger partial charge on any atom is 0.256 e. The Labute approximate surface area is 131 Å². The lowest BCUT2D eigenvalue weighted by molar-refractivity contribution is 0.241. The number of rotatable bonds is 3. The molecule has 1 aliphatic rings. The van der Waals surface area contributed by atoms with Gasteiger partial charge in [0.1, 0.15) is 0 Å². The number of aromatic nitrogens is 2. The Morgan fingerprint density at radius 1 is 1.41 bits per heavy atom. The molecule has 0 atom stereocenters. The highest BCUT2D eigenvalue weighted by atomic mass is 32.1. The van der Waals surface area contributed by atoms with Gasteiger partial charge in [0.25, 0.3) is 5.56 Å². The van der Waals surface area contributed by atoms with Crippen molar-refractivity contribution in [2.75, 3.05) is 13.7 Å². The Morgan fingerprint density at radius 2 is 2.23 bits per heavy atom. The van der Waals surface area contributed by atoms with Crippen LogP contribution in [0.1, 0.15) is 16.8 Å². The van der Waals surface area contributed by atoms with Gasteiger partial charge in [0.05, 0.1) is 12.7 Å². The summed E-state index contributed by atoms with van der Waals surface area (Å²) in [5.41, 5.74) is 2.30. The number of methoxy groups -OCH3 is 1. The molecule has 3 rings (SSSR count). The number of hydrogen-bond donors (Lipinski definition) is 2. The molecule has 1 aromatic heterocycles. The van der Waals surface area contributed by atoms with Crippen molar-refractivity contribution in [1.82, 2.24) is 14.9 Å². The van der Waals surface area contributed by atoms with Gasteiger partial charge in [-0.3, -0.25) is 14.7 Å². The van der Waals surface area contributed by atoms with Crippen LogP contribution in [0.25, 0.3) is 0 Å². The molecular formula is C15H16FN3O2S. The number of H-pyrrole nitrogens is 2. The highest BCUT2D eigenvalue weighted by Gasteiger charge is 2.20. The van der Waals surface area contributed by atoms with Crippen LogP contribution in [-0.2, 0) is 19.5 Å². The van der Waals surface area contributed by atoms with E-state index in [2.05, 4.69) is 14.9 Å². The van der Waals surface area contributed by atoms with Gasteiger partial charge in [0, 0.05) is 31.7 Å². The summed E-state index contributed by atoms with van der Waals surface area (Å²) in [7, 11) is 1.44. The number of aromatic amines is 2. The average Bonchev–Trinajstić information content (AvgIpc) is 2.48. The Morgan fingerprint density at radius 3 is 2.95 bits per heavy atom. The molecule has 0 unspecified atom stereocenters. The van der Waals surface area contributed by atoms with Gasteiger partial charge >= 0.3 is 0 Å². The van der Waals surface area contributed by atoms with Crippen molar-refractivity contribution in [3.63, 3.8) is 0 Å². The van der Waals surface area contributed by atoms with E-state index in [9.17, 15) is 9.18 Å². The number of nitrogens with zero attached hydrogens (tertiary/aromatic N) is 1. The summed E-state index contributed by atoms with van der Waals surface area (Å²) in [6, 6.07) is 4.92. The van der Waals surface area contributed by atoms with Crippen molar-refractivity contribution in [1.29, 1.82) is 0 Å². The molecule has 0 fully saturated rings. The molecule has 0 spiro atoms. The Balaban J connectivity index is 1.79. The van der Waals surface area contributed by atoms with Crippen molar-refractivity contribution < 1.29 is 9.13 Å². The van der Waals surface area contributed by atoms with Crippen LogP contribution in [0.5, 0.6) is 5.75 Å². The van der Waals surface area contributed by atoms with Crippen LogP contribution in [0.4, 0.5) is 4.39 Å². The van der Waals surface area contributed by atoms with Gasteiger partial charge in [-0.15, -0.1) is 0 Å². The molecule has 0 bridgehead atoms. The van der Waals surface area contributed by atoms with Gasteiger partial charge < -0.3 is 9.72 Å². The zero-order valence-corrected chi connectivity index (χ0v) is 12.9. The van der Waals surface area contributed by atoms with E-state index in [0.29, 0.717) is 23.4 Å². The molecule has 5 nitrogen and oxygen atoms in total. The third-order valence-electron chi connectivity index (χ3n) is 3.81. The molecule has 1 aromatic carbocycles. The minimum Gasteiger partial charge on any atom is -0.494 e. The molecule has 0 amide bonds. The van der Waals surface area contributed by atoms with Crippen LogP contribution >= 0.6 is 12.2 Å². The first-order valence-corrected chi connectivity index (χ1v) is 7.37. The lowest BCUT2D eigenvalue weighted by Gasteiger charge is -2.27. The van der Waals surface area contributed by atoms with Crippen LogP contribution < -0.4 is 10.3 Å². The van der Waals surface area contributed by atoms with Gasteiger partial charge in [0.2, 0.25) is 0 Å². The summed E-state index contributed by atoms with van der Waals surface area (Å²) in [6.07, 6.45) is 0.724. The number of nitrogens with one attached hydrogen (secondary N) is 2. The Hall–Kier alpha value is -1.99. The molecule has 22 heavy (non-hydrogen) atoms. The molecule has 2 aromatic rings. The van der Waals surface area contributed by atoms with Crippen molar-refractivity contribution in [3.05, 3.63) is 56.0 Å². The molecule has 0 saturated carbocycles. The number of ether oxygens (including phenoxy) is 1. The monoisotopic (exact) mass is 321 g/mol. The molecular weight excluding hydrogens is 305 g/mol. The topological polar surface area (TPSA) is 61.1 Å². The summed E-state index contributed by atoms with van der Waals surface area (Å²) in [4.78, 5) is 19.7. The van der Waals surface area contributed by atoms with Crippen molar-refractivity contribution in [2.45, 2.75) is 19.5 Å². The first-order chi connectivity index (χ1) is 10.6. The molecule has 0 aliphatic carbocycles. The number of hydrogen-bond acceptors (Lipinski definition) is 4. The summed E-state index contributed by atoms with van der Waals surface area (Å²) < 4.78 is 19.0. The molecule has 2 N–H and O–H groups in total. The summed E-state index contributed by atoms with van der Waals surface area (Å²) >= 11 is 4.98. The van der Waals surface area contributed by atoms with E-state index < -0.39 is 0 Å². The van der Waals surface area contributed by atoms with Crippen molar-refractivity contribution >= 4 is 12.2 Å². The normalized spacial score (nSPS) is 14.6. The van der Waals surface area contributed by atoms with E-state index in [0.717, 1.165) is 24.2 Å². The van der Waals surface area contributed by atoms with Gasteiger partial charge in [-0.1, -0.05) is 6.07 Å². The fourth-order valence-corrected chi connectivity index (χ4v) is 2.93. The van der Waals surface area contributed by atoms with E-state index >= 15 is 0 Å². The molecule has 2 heterocycles. The van der Waals surface area contributed by atoms with Crippen molar-refractivity contribution in [3.8, 4) is 5.75 Å². The van der Waals surface area contributed by atoms with Gasteiger partial charge in [-0.05, 0) is 29.9 Å². The zero-order valence-electron chi connectivity index (χ0n) is 12.1. The van der Waals surface area contributed by atoms with Crippen LogP contribution in [0, 0.1) is 10.6 Å². The van der Waals surface area contributed by atoms with E-state index in [1.54, 1.807) is 6.07 Å². The van der Waals surface area contributed by atoms with Crippen molar-refractivity contribution in [2.24, 2.45) is 0 Å². The third kappa shape index (κ3) is 2.95. The smallest absolute Gasteiger partial charge is 0.256 e. The highest BCUT2D eigenvalue weighted by Crippen LogP contribution is 2.20. The minimum absolute atomic E-state index is 0.149. The summed E-state index contributed by atoms with van der Waals surface area (Å²) in [5, 5.41) is 0. The summed E-state index contributed by atoms with van der Waals surface area (Å²) in [5.74, 6) is -0.143. The van der Waals surface area contributed by atoms with Crippen LogP contribution in [0.15, 0.2) is 23.0 Å². The van der Waals surface area contributed by atoms with Crippen LogP contribution in [-0.4, -0.2) is 28.5 Å². The first-order valence-electron chi connectivity index (χ1n) is 6.96. The highest BCUT2D eigenvalue weighted by molar-refractivity contribution is 7.71. The standard InChI is InChI=1S/C15H16FN3O2S/c1-21-13-3-2-9(6-11(13)16)7-19-5-4-12-10(8-19)14(20)18-15(22)17-12/h2-3,6H,4-5,7-8H2,1H3,(H2,17,18,20,22). The largest absolute Gasteiger partial charge is 0.494 e. The molecule has 1 aliphatic heterocycles. The maximum atomic E-state index is 13.7. The zero-order chi connectivity index (χ0) is 15.7. The van der Waals surface area contributed by atoms with E-state index in [1.165, 1.54) is 13.2 Å². The fraction of sp³-hybridized carbons (Fsp3) is 0.333. The lowest BCUT2D eigenvalue weighted by atomic mass is 10.1. The molecule has 0 saturated heterocycles. The Bertz CT molecular complexity index is 815. The predicted molar refractivity (Wildman–Crippen MR) is 83.0 cm³/mol. The van der Waals surface area contributed by atoms with Crippen LogP contribution in [0.3, 0.4) is 0 Å². The number of halogens is 1. The van der Waals surface area contributed by atoms with E-state index in [1.807, 2.05) is 6.07 Å². The van der Waals surface area contributed by atoms with Gasteiger partial charge in [0.15, 0.2) is 16.3 Å². The predicted octanol–water partition coefficient (Wildman–Crippen LogP) is 2.14. The molecule has 7 heteroatoms. The van der Waals surface area contributed by atoms with Gasteiger partial charge in [-0.25, -0.2) is 4.39 Å². The maximum absolute atomic E-state index is 13.7. The van der Waals surface area contributed by atoms with E-state index in [-0.39, 0.29) is 17.1 Å². The second-order valence-corrected chi connectivity index (χ2v) is 5.70. The van der Waals surface area contributed by atoms with Crippen LogP contribution in [0.2, 0.25) is 0 Å². The summed E-state index contributed by atoms with van der Waals surface area (Å²) in [6.45, 7) is 1.88. The third-order valence-corrected chi connectivity index (χ3v) is 4.02. The molecule has 116 valence electrons. The average molecular weight is 321 g/mol. The lowest BCUT2D eigenvalue weighted by Crippen LogP contribution is -2.35. The Kier molecular flexibility index (Phi) is 4.08. The second kappa shape index (κ2) is 6.02. The SMILES string of the molecule is COc1ccc(CN2CCc3[nH]c(=S)[nH]c(=O)c3C2)cc1F. The first kappa shape index (κ1) is 14.9. The number of fused-ring (bicyclic) bond motifs is 1. The minimum atomic E-state index is -0.376.